The molecule has 2 rings (SSSR count). The standard InChI is InChI=1S/C13H15FN2O2S/c1-16-13(12(18-2)7-15-16)11(17)8-19-10-5-3-4-9(14)6-10/h3-7,11,17H,8H2,1-2H3. The molecule has 1 aromatic heterocycles. The van der Waals surface area contributed by atoms with E-state index in [9.17, 15) is 9.50 Å². The van der Waals surface area contributed by atoms with Crippen LogP contribution < -0.4 is 4.74 Å². The van der Waals surface area contributed by atoms with E-state index in [1.165, 1.54) is 31.0 Å². The molecule has 0 radical (unpaired) electrons. The Balaban J connectivity index is 2.05. The second-order valence-corrected chi connectivity index (χ2v) is 5.10. The van der Waals surface area contributed by atoms with Gasteiger partial charge in [0.05, 0.1) is 13.3 Å². The van der Waals surface area contributed by atoms with E-state index >= 15 is 0 Å². The first kappa shape index (κ1) is 13.9. The summed E-state index contributed by atoms with van der Waals surface area (Å²) in [4.78, 5) is 0.778. The van der Waals surface area contributed by atoms with Crippen LogP contribution >= 0.6 is 11.8 Å². The van der Waals surface area contributed by atoms with Crippen molar-refractivity contribution < 1.29 is 14.2 Å². The smallest absolute Gasteiger partial charge is 0.162 e. The zero-order valence-corrected chi connectivity index (χ0v) is 11.5. The Morgan fingerprint density at radius 2 is 2.32 bits per heavy atom. The average Bonchev–Trinajstić information content (AvgIpc) is 2.77. The maximum atomic E-state index is 13.0. The molecule has 0 aliphatic carbocycles. The molecule has 19 heavy (non-hydrogen) atoms. The summed E-state index contributed by atoms with van der Waals surface area (Å²) in [6, 6.07) is 6.29. The number of hydrogen-bond acceptors (Lipinski definition) is 4. The Morgan fingerprint density at radius 3 is 3.00 bits per heavy atom. The molecule has 1 aromatic carbocycles. The summed E-state index contributed by atoms with van der Waals surface area (Å²) in [5.74, 6) is 0.673. The first-order valence-corrected chi connectivity index (χ1v) is 6.72. The van der Waals surface area contributed by atoms with Gasteiger partial charge in [-0.15, -0.1) is 11.8 Å². The van der Waals surface area contributed by atoms with Crippen LogP contribution in [0.5, 0.6) is 5.75 Å². The third-order valence-corrected chi connectivity index (χ3v) is 3.76. The number of aliphatic hydroxyl groups excluding tert-OH is 1. The maximum absolute atomic E-state index is 13.0. The van der Waals surface area contributed by atoms with E-state index in [0.717, 1.165) is 4.90 Å². The minimum absolute atomic E-state index is 0.280. The molecule has 4 nitrogen and oxygen atoms in total. The molecule has 0 spiro atoms. The van der Waals surface area contributed by atoms with Crippen LogP contribution in [-0.4, -0.2) is 27.7 Å². The lowest BCUT2D eigenvalue weighted by Gasteiger charge is -2.12. The van der Waals surface area contributed by atoms with Crippen LogP contribution in [0.2, 0.25) is 0 Å². The van der Waals surface area contributed by atoms with Gasteiger partial charge >= 0.3 is 0 Å². The van der Waals surface area contributed by atoms with Crippen molar-refractivity contribution in [1.29, 1.82) is 0 Å². The molecule has 0 saturated heterocycles. The second kappa shape index (κ2) is 6.08. The first-order valence-electron chi connectivity index (χ1n) is 5.74. The summed E-state index contributed by atoms with van der Waals surface area (Å²) in [7, 11) is 3.28. The highest BCUT2D eigenvalue weighted by molar-refractivity contribution is 7.99. The zero-order chi connectivity index (χ0) is 13.8. The van der Waals surface area contributed by atoms with Gasteiger partial charge in [-0.1, -0.05) is 6.07 Å². The molecule has 0 fully saturated rings. The van der Waals surface area contributed by atoms with E-state index in [0.29, 0.717) is 17.2 Å². The van der Waals surface area contributed by atoms with E-state index in [4.69, 9.17) is 4.74 Å². The summed E-state index contributed by atoms with van der Waals surface area (Å²) < 4.78 is 19.8. The summed E-state index contributed by atoms with van der Waals surface area (Å²) in [6.07, 6.45) is 0.835. The molecule has 1 unspecified atom stereocenters. The quantitative estimate of drug-likeness (QED) is 0.855. The lowest BCUT2D eigenvalue weighted by atomic mass is 10.2. The highest BCUT2D eigenvalue weighted by Gasteiger charge is 2.18. The highest BCUT2D eigenvalue weighted by atomic mass is 32.2. The molecule has 0 bridgehead atoms. The van der Waals surface area contributed by atoms with Crippen molar-refractivity contribution in [2.75, 3.05) is 12.9 Å². The summed E-state index contributed by atoms with van der Waals surface area (Å²) in [5.41, 5.74) is 0.617. The molecule has 0 aliphatic heterocycles. The average molecular weight is 282 g/mol. The van der Waals surface area contributed by atoms with E-state index < -0.39 is 6.10 Å². The Morgan fingerprint density at radius 1 is 1.53 bits per heavy atom. The highest BCUT2D eigenvalue weighted by Crippen LogP contribution is 2.29. The molecular weight excluding hydrogens is 267 g/mol. The molecule has 1 heterocycles. The van der Waals surface area contributed by atoms with E-state index in [2.05, 4.69) is 5.10 Å². The fourth-order valence-electron chi connectivity index (χ4n) is 1.77. The van der Waals surface area contributed by atoms with Crippen LogP contribution in [0.15, 0.2) is 35.4 Å². The minimum atomic E-state index is -0.726. The lowest BCUT2D eigenvalue weighted by Crippen LogP contribution is -2.08. The number of aryl methyl sites for hydroxylation is 1. The van der Waals surface area contributed by atoms with E-state index in [-0.39, 0.29) is 5.82 Å². The van der Waals surface area contributed by atoms with Gasteiger partial charge in [-0.25, -0.2) is 4.39 Å². The van der Waals surface area contributed by atoms with Crippen LogP contribution in [0.25, 0.3) is 0 Å². The Bertz CT molecular complexity index is 559. The fraction of sp³-hybridized carbons (Fsp3) is 0.308. The fourth-order valence-corrected chi connectivity index (χ4v) is 2.65. The van der Waals surface area contributed by atoms with Gasteiger partial charge in [0.1, 0.15) is 17.6 Å². The summed E-state index contributed by atoms with van der Waals surface area (Å²) >= 11 is 1.38. The SMILES string of the molecule is COc1cnn(C)c1C(O)CSc1cccc(F)c1. The van der Waals surface area contributed by atoms with Crippen molar-refractivity contribution in [3.8, 4) is 5.75 Å². The van der Waals surface area contributed by atoms with Crippen LogP contribution in [0.3, 0.4) is 0 Å². The number of thioether (sulfide) groups is 1. The number of aromatic nitrogens is 2. The van der Waals surface area contributed by atoms with Crippen LogP contribution in [0.4, 0.5) is 4.39 Å². The zero-order valence-electron chi connectivity index (χ0n) is 10.7. The third-order valence-electron chi connectivity index (χ3n) is 2.69. The molecule has 6 heteroatoms. The van der Waals surface area contributed by atoms with Gasteiger partial charge in [-0.2, -0.15) is 5.10 Å². The van der Waals surface area contributed by atoms with Gasteiger partial charge < -0.3 is 9.84 Å². The number of nitrogens with zero attached hydrogens (tertiary/aromatic N) is 2. The Hall–Kier alpha value is -1.53. The largest absolute Gasteiger partial charge is 0.493 e. The van der Waals surface area contributed by atoms with Gasteiger partial charge in [0.15, 0.2) is 5.75 Å². The first-order chi connectivity index (χ1) is 9.11. The van der Waals surface area contributed by atoms with Crippen molar-refractivity contribution in [1.82, 2.24) is 9.78 Å². The predicted molar refractivity (Wildman–Crippen MR) is 71.8 cm³/mol. The summed E-state index contributed by atoms with van der Waals surface area (Å²) in [6.45, 7) is 0. The number of aliphatic hydroxyl groups is 1. The number of rotatable bonds is 5. The van der Waals surface area contributed by atoms with Crippen LogP contribution in [0, 0.1) is 5.82 Å². The molecule has 0 aliphatic rings. The normalized spacial score (nSPS) is 12.4. The molecule has 1 atom stereocenters. The van der Waals surface area contributed by atoms with E-state index in [1.54, 1.807) is 30.1 Å². The predicted octanol–water partition coefficient (Wildman–Crippen LogP) is 2.39. The minimum Gasteiger partial charge on any atom is -0.493 e. The van der Waals surface area contributed by atoms with Gasteiger partial charge in [0.25, 0.3) is 0 Å². The topological polar surface area (TPSA) is 47.3 Å². The monoisotopic (exact) mass is 282 g/mol. The Labute approximate surface area is 115 Å². The molecular formula is C13H15FN2O2S. The molecule has 102 valence electrons. The van der Waals surface area contributed by atoms with Crippen molar-refractivity contribution in [2.45, 2.75) is 11.0 Å². The van der Waals surface area contributed by atoms with Gasteiger partial charge in [-0.05, 0) is 18.2 Å². The van der Waals surface area contributed by atoms with Gasteiger partial charge in [-0.3, -0.25) is 4.68 Å². The number of halogens is 1. The molecule has 0 saturated carbocycles. The lowest BCUT2D eigenvalue weighted by molar-refractivity contribution is 0.188. The second-order valence-electron chi connectivity index (χ2n) is 4.01. The maximum Gasteiger partial charge on any atom is 0.162 e. The van der Waals surface area contributed by atoms with Crippen molar-refractivity contribution in [3.05, 3.63) is 42.0 Å². The molecule has 1 N–H and O–H groups in total. The van der Waals surface area contributed by atoms with Crippen LogP contribution in [0.1, 0.15) is 11.8 Å². The van der Waals surface area contributed by atoms with Gasteiger partial charge in [0, 0.05) is 17.7 Å². The van der Waals surface area contributed by atoms with E-state index in [1.807, 2.05) is 0 Å². The van der Waals surface area contributed by atoms with Crippen molar-refractivity contribution >= 4 is 11.8 Å². The Kier molecular flexibility index (Phi) is 4.44. The van der Waals surface area contributed by atoms with Crippen molar-refractivity contribution in [3.63, 3.8) is 0 Å². The number of methoxy groups -OCH3 is 1. The van der Waals surface area contributed by atoms with Crippen LogP contribution in [-0.2, 0) is 7.05 Å². The molecule has 0 amide bonds. The number of ether oxygens (including phenoxy) is 1. The third kappa shape index (κ3) is 3.27. The summed E-state index contributed by atoms with van der Waals surface area (Å²) in [5, 5.41) is 14.2. The molecule has 2 aromatic rings. The van der Waals surface area contributed by atoms with Gasteiger partial charge in [0.2, 0.25) is 0 Å². The van der Waals surface area contributed by atoms with Crippen molar-refractivity contribution in [2.24, 2.45) is 7.05 Å². The number of benzene rings is 1. The number of hydrogen-bond donors (Lipinski definition) is 1.